The first-order chi connectivity index (χ1) is 16.3. The molecule has 1 aliphatic heterocycles. The molecular weight excluding hydrogens is 521 g/mol. The highest BCUT2D eigenvalue weighted by Gasteiger charge is 2.26. The fraction of sp³-hybridized carbons (Fsp3) is 0.316. The highest BCUT2D eigenvalue weighted by molar-refractivity contribution is 8.01. The zero-order valence-electron chi connectivity index (χ0n) is 17.9. The van der Waals surface area contributed by atoms with E-state index in [2.05, 4.69) is 25.8 Å². The fourth-order valence-corrected chi connectivity index (χ4v) is 6.56. The number of aromatic nitrogens is 3. The summed E-state index contributed by atoms with van der Waals surface area (Å²) in [5, 5.41) is 15.9. The third-order valence-electron chi connectivity index (χ3n) is 4.54. The number of nitrogens with zero attached hydrogens (tertiary/aromatic N) is 4. The average Bonchev–Trinajstić information content (AvgIpc) is 3.46. The number of carbonyl (C=O) groups is 2. The molecule has 2 amide bonds. The molecule has 0 spiro atoms. The van der Waals surface area contributed by atoms with Crippen molar-refractivity contribution in [3.8, 4) is 0 Å². The molecule has 0 atom stereocenters. The zero-order chi connectivity index (χ0) is 24.1. The van der Waals surface area contributed by atoms with Gasteiger partial charge in [0.2, 0.25) is 21.1 Å². The minimum Gasteiger partial charge on any atom is -0.379 e. The Morgan fingerprint density at radius 1 is 1.12 bits per heavy atom. The second-order valence-electron chi connectivity index (χ2n) is 7.00. The SMILES string of the molecule is Cc1csc(NC(=O)CSc2nnc(NC(=O)c3ccc(S(=O)(=O)N4CCOCC4)cc3)s2)n1. The van der Waals surface area contributed by atoms with E-state index in [9.17, 15) is 18.0 Å². The van der Waals surface area contributed by atoms with Crippen LogP contribution in [0.4, 0.5) is 10.3 Å². The first kappa shape index (κ1) is 24.7. The maximum Gasteiger partial charge on any atom is 0.257 e. The van der Waals surface area contributed by atoms with Gasteiger partial charge in [-0.2, -0.15) is 4.31 Å². The molecule has 180 valence electrons. The standard InChI is InChI=1S/C19H20N6O5S4/c1-12-10-31-17(20-12)21-15(26)11-32-19-24-23-18(33-19)22-16(27)13-2-4-14(5-3-13)34(28,29)25-6-8-30-9-7-25/h2-5,10H,6-9,11H2,1H3,(H,20,21,26)(H,22,23,27). The van der Waals surface area contributed by atoms with E-state index >= 15 is 0 Å². The summed E-state index contributed by atoms with van der Waals surface area (Å²) < 4.78 is 32.5. The van der Waals surface area contributed by atoms with Gasteiger partial charge >= 0.3 is 0 Å². The van der Waals surface area contributed by atoms with Gasteiger partial charge in [-0.25, -0.2) is 13.4 Å². The van der Waals surface area contributed by atoms with Gasteiger partial charge in [-0.1, -0.05) is 23.1 Å². The van der Waals surface area contributed by atoms with Crippen LogP contribution in [0.3, 0.4) is 0 Å². The molecule has 11 nitrogen and oxygen atoms in total. The highest BCUT2D eigenvalue weighted by atomic mass is 32.2. The van der Waals surface area contributed by atoms with Crippen molar-refractivity contribution in [3.63, 3.8) is 0 Å². The van der Waals surface area contributed by atoms with Gasteiger partial charge in [-0.3, -0.25) is 14.9 Å². The van der Waals surface area contributed by atoms with Crippen LogP contribution in [0.5, 0.6) is 0 Å². The smallest absolute Gasteiger partial charge is 0.257 e. The van der Waals surface area contributed by atoms with Crippen LogP contribution in [0.15, 0.2) is 38.9 Å². The number of hydrogen-bond acceptors (Lipinski definition) is 11. The van der Waals surface area contributed by atoms with E-state index in [1.54, 1.807) is 0 Å². The van der Waals surface area contributed by atoms with Crippen molar-refractivity contribution in [1.29, 1.82) is 0 Å². The Morgan fingerprint density at radius 3 is 2.53 bits per heavy atom. The van der Waals surface area contributed by atoms with Gasteiger partial charge in [-0.15, -0.1) is 21.5 Å². The Kier molecular flexibility index (Phi) is 7.90. The lowest BCUT2D eigenvalue weighted by Gasteiger charge is -2.26. The molecule has 3 heterocycles. The lowest BCUT2D eigenvalue weighted by Crippen LogP contribution is -2.40. The van der Waals surface area contributed by atoms with E-state index in [1.165, 1.54) is 51.7 Å². The number of nitrogens with one attached hydrogen (secondary N) is 2. The van der Waals surface area contributed by atoms with Crippen LogP contribution < -0.4 is 10.6 Å². The predicted molar refractivity (Wildman–Crippen MR) is 130 cm³/mol. The molecule has 0 radical (unpaired) electrons. The highest BCUT2D eigenvalue weighted by Crippen LogP contribution is 2.26. The van der Waals surface area contributed by atoms with Gasteiger partial charge in [-0.05, 0) is 31.2 Å². The maximum absolute atomic E-state index is 12.7. The summed E-state index contributed by atoms with van der Waals surface area (Å²) in [6.45, 7) is 3.16. The first-order valence-corrected chi connectivity index (χ1v) is 14.1. The molecule has 0 unspecified atom stereocenters. The van der Waals surface area contributed by atoms with E-state index in [1.807, 2.05) is 12.3 Å². The van der Waals surface area contributed by atoms with Gasteiger partial charge in [0, 0.05) is 24.0 Å². The van der Waals surface area contributed by atoms with Crippen LogP contribution in [-0.2, 0) is 19.6 Å². The second-order valence-corrected chi connectivity index (χ2v) is 12.0. The number of amides is 2. The number of rotatable bonds is 8. The van der Waals surface area contributed by atoms with Gasteiger partial charge in [0.25, 0.3) is 5.91 Å². The molecule has 15 heteroatoms. The largest absolute Gasteiger partial charge is 0.379 e. The van der Waals surface area contributed by atoms with Crippen LogP contribution in [0.1, 0.15) is 16.1 Å². The summed E-state index contributed by atoms with van der Waals surface area (Å²) in [5.41, 5.74) is 1.12. The molecular formula is C19H20N6O5S4. The topological polar surface area (TPSA) is 143 Å². The van der Waals surface area contributed by atoms with E-state index in [0.717, 1.165) is 17.0 Å². The summed E-state index contributed by atoms with van der Waals surface area (Å²) in [4.78, 5) is 28.9. The molecule has 1 aromatic carbocycles. The predicted octanol–water partition coefficient (Wildman–Crippen LogP) is 2.31. The first-order valence-electron chi connectivity index (χ1n) is 9.99. The van der Waals surface area contributed by atoms with Crippen molar-refractivity contribution < 1.29 is 22.7 Å². The number of thiazole rings is 1. The summed E-state index contributed by atoms with van der Waals surface area (Å²) in [7, 11) is -3.63. The van der Waals surface area contributed by atoms with Gasteiger partial charge < -0.3 is 10.1 Å². The summed E-state index contributed by atoms with van der Waals surface area (Å²) in [6, 6.07) is 5.71. The van der Waals surface area contributed by atoms with Crippen molar-refractivity contribution in [1.82, 2.24) is 19.5 Å². The minimum atomic E-state index is -3.63. The molecule has 4 rings (SSSR count). The monoisotopic (exact) mass is 540 g/mol. The van der Waals surface area contributed by atoms with E-state index in [-0.39, 0.29) is 27.3 Å². The van der Waals surface area contributed by atoms with Crippen LogP contribution in [0.2, 0.25) is 0 Å². The molecule has 0 saturated carbocycles. The number of aryl methyl sites for hydroxylation is 1. The summed E-state index contributed by atoms with van der Waals surface area (Å²) >= 11 is 3.68. The number of morpholine rings is 1. The number of sulfonamides is 1. The van der Waals surface area contributed by atoms with Crippen LogP contribution in [0, 0.1) is 6.92 Å². The van der Waals surface area contributed by atoms with Crippen LogP contribution >= 0.6 is 34.4 Å². The number of carbonyl (C=O) groups excluding carboxylic acids is 2. The van der Waals surface area contributed by atoms with Crippen molar-refractivity contribution >= 4 is 66.5 Å². The lowest BCUT2D eigenvalue weighted by atomic mass is 10.2. The Hall–Kier alpha value is -2.43. The molecule has 3 aromatic rings. The van der Waals surface area contributed by atoms with Crippen LogP contribution in [0.25, 0.3) is 0 Å². The van der Waals surface area contributed by atoms with Crippen molar-refractivity contribution in [2.75, 3.05) is 42.7 Å². The third-order valence-corrected chi connectivity index (χ3v) is 9.30. The molecule has 2 N–H and O–H groups in total. The Labute approximate surface area is 208 Å². The van der Waals surface area contributed by atoms with Gasteiger partial charge in [0.15, 0.2) is 9.47 Å². The Morgan fingerprint density at radius 2 is 1.85 bits per heavy atom. The second kappa shape index (κ2) is 10.9. The van der Waals surface area contributed by atoms with E-state index < -0.39 is 15.9 Å². The number of ether oxygens (including phenoxy) is 1. The minimum absolute atomic E-state index is 0.117. The van der Waals surface area contributed by atoms with E-state index in [0.29, 0.717) is 35.8 Å². The molecule has 34 heavy (non-hydrogen) atoms. The third kappa shape index (κ3) is 6.17. The number of benzene rings is 1. The van der Waals surface area contributed by atoms with Crippen LogP contribution in [-0.4, -0.2) is 71.8 Å². The van der Waals surface area contributed by atoms with Gasteiger partial charge in [0.1, 0.15) is 0 Å². The van der Waals surface area contributed by atoms with E-state index in [4.69, 9.17) is 4.74 Å². The van der Waals surface area contributed by atoms with Gasteiger partial charge in [0.05, 0.1) is 29.6 Å². The average molecular weight is 541 g/mol. The van der Waals surface area contributed by atoms with Crippen molar-refractivity contribution in [2.45, 2.75) is 16.2 Å². The fourth-order valence-electron chi connectivity index (χ4n) is 2.90. The molecule has 0 aliphatic carbocycles. The summed E-state index contributed by atoms with van der Waals surface area (Å²) in [5.74, 6) is -0.535. The van der Waals surface area contributed by atoms with Crippen molar-refractivity contribution in [3.05, 3.63) is 40.9 Å². The molecule has 0 bridgehead atoms. The zero-order valence-corrected chi connectivity index (χ0v) is 21.2. The number of hydrogen-bond donors (Lipinski definition) is 2. The quantitative estimate of drug-likeness (QED) is 0.325. The lowest BCUT2D eigenvalue weighted by molar-refractivity contribution is -0.113. The molecule has 2 aromatic heterocycles. The molecule has 1 fully saturated rings. The normalized spacial score (nSPS) is 14.6. The molecule has 1 aliphatic rings. The summed E-state index contributed by atoms with van der Waals surface area (Å²) in [6.07, 6.45) is 0. The van der Waals surface area contributed by atoms with Crippen molar-refractivity contribution in [2.24, 2.45) is 0 Å². The maximum atomic E-state index is 12.7. The number of anilines is 2. The molecule has 1 saturated heterocycles. The number of thioether (sulfide) groups is 1. The Bertz CT molecular complexity index is 1270. The Balaban J connectivity index is 1.30.